The molecule has 4 aliphatic heterocycles. The first-order valence-corrected chi connectivity index (χ1v) is 10.0. The van der Waals surface area contributed by atoms with E-state index in [4.69, 9.17) is 5.10 Å². The van der Waals surface area contributed by atoms with E-state index in [0.717, 1.165) is 44.8 Å². The molecule has 0 N–H and O–H groups in total. The third-order valence-electron chi connectivity index (χ3n) is 6.36. The fourth-order valence-electron chi connectivity index (χ4n) is 5.08. The predicted octanol–water partition coefficient (Wildman–Crippen LogP) is 2.57. The summed E-state index contributed by atoms with van der Waals surface area (Å²) in [6, 6.07) is 17.1. The van der Waals surface area contributed by atoms with E-state index in [0.29, 0.717) is 5.92 Å². The highest BCUT2D eigenvalue weighted by Crippen LogP contribution is 2.41. The van der Waals surface area contributed by atoms with Gasteiger partial charge in [-0.2, -0.15) is 10.2 Å². The van der Waals surface area contributed by atoms with Crippen LogP contribution < -0.4 is 0 Å². The van der Waals surface area contributed by atoms with Crippen LogP contribution in [0.25, 0.3) is 0 Å². The summed E-state index contributed by atoms with van der Waals surface area (Å²) in [6.45, 7) is 6.27. The van der Waals surface area contributed by atoms with Crippen LogP contribution in [0, 0.1) is 16.0 Å². The van der Waals surface area contributed by atoms with E-state index < -0.39 is 4.92 Å². The summed E-state index contributed by atoms with van der Waals surface area (Å²) in [5.74, 6) is 0.384. The van der Waals surface area contributed by atoms with Gasteiger partial charge in [0, 0.05) is 57.3 Å². The molecule has 7 heteroatoms. The maximum Gasteiger partial charge on any atom is 0.269 e. The standard InChI is InChI=1S/C22H23N5O2/c28-27(29)20-8-6-17(7-9-20)12-23-24-21-18-13-25-10-11-26(14-18)16-22(21,15-25)19-4-2-1-3-5-19/h1-9,12,18H,10-11,13-16H2. The van der Waals surface area contributed by atoms with Gasteiger partial charge in [0.1, 0.15) is 0 Å². The van der Waals surface area contributed by atoms with Crippen molar-refractivity contribution in [1.29, 1.82) is 0 Å². The van der Waals surface area contributed by atoms with Crippen LogP contribution in [-0.4, -0.2) is 65.9 Å². The summed E-state index contributed by atoms with van der Waals surface area (Å²) in [5.41, 5.74) is 3.26. The van der Waals surface area contributed by atoms with Crippen LogP contribution >= 0.6 is 0 Å². The second-order valence-corrected chi connectivity index (χ2v) is 8.19. The SMILES string of the molecule is O=[N+]([O-])c1ccc(C=NN=C2C3CN4CCN(C3)CC2(c2ccccc2)C4)cc1. The zero-order valence-electron chi connectivity index (χ0n) is 16.1. The molecule has 2 unspecified atom stereocenters. The number of benzene rings is 2. The Morgan fingerprint density at radius 2 is 1.66 bits per heavy atom. The molecule has 4 bridgehead atoms. The molecule has 148 valence electrons. The third-order valence-corrected chi connectivity index (χ3v) is 6.36. The Hall–Kier alpha value is -2.90. The fraction of sp³-hybridized carbons (Fsp3) is 0.364. The topological polar surface area (TPSA) is 74.3 Å². The van der Waals surface area contributed by atoms with E-state index in [9.17, 15) is 10.1 Å². The van der Waals surface area contributed by atoms with Crippen LogP contribution in [0.3, 0.4) is 0 Å². The number of hydrogen-bond donors (Lipinski definition) is 0. The van der Waals surface area contributed by atoms with Crippen molar-refractivity contribution in [2.45, 2.75) is 5.41 Å². The number of rotatable bonds is 4. The maximum absolute atomic E-state index is 10.8. The van der Waals surface area contributed by atoms with Crippen LogP contribution in [-0.2, 0) is 5.41 Å². The zero-order chi connectivity index (χ0) is 19.8. The van der Waals surface area contributed by atoms with Crippen LogP contribution in [0.5, 0.6) is 0 Å². The van der Waals surface area contributed by atoms with Crippen molar-refractivity contribution in [2.75, 3.05) is 39.3 Å². The van der Waals surface area contributed by atoms with Crippen molar-refractivity contribution in [2.24, 2.45) is 16.1 Å². The van der Waals surface area contributed by atoms with E-state index in [1.165, 1.54) is 23.4 Å². The molecule has 0 spiro atoms. The largest absolute Gasteiger partial charge is 0.300 e. The minimum absolute atomic E-state index is 0.0804. The van der Waals surface area contributed by atoms with Gasteiger partial charge in [-0.1, -0.05) is 30.3 Å². The molecule has 0 amide bonds. The van der Waals surface area contributed by atoms with Gasteiger partial charge in [0.05, 0.1) is 22.3 Å². The average molecular weight is 389 g/mol. The van der Waals surface area contributed by atoms with Gasteiger partial charge in [0.2, 0.25) is 0 Å². The molecule has 2 atom stereocenters. The Bertz CT molecular complexity index is 954. The van der Waals surface area contributed by atoms with Crippen LogP contribution in [0.15, 0.2) is 64.8 Å². The number of nitro groups is 1. The van der Waals surface area contributed by atoms with Crippen molar-refractivity contribution in [3.05, 3.63) is 75.8 Å². The van der Waals surface area contributed by atoms with Gasteiger partial charge in [-0.15, -0.1) is 0 Å². The quantitative estimate of drug-likeness (QED) is 0.458. The molecule has 29 heavy (non-hydrogen) atoms. The smallest absolute Gasteiger partial charge is 0.269 e. The van der Waals surface area contributed by atoms with Crippen molar-refractivity contribution >= 4 is 17.6 Å². The Labute approximate surface area is 169 Å². The van der Waals surface area contributed by atoms with E-state index >= 15 is 0 Å². The maximum atomic E-state index is 10.8. The predicted molar refractivity (Wildman–Crippen MR) is 113 cm³/mol. The molecule has 4 saturated heterocycles. The summed E-state index contributed by atoms with van der Waals surface area (Å²) in [7, 11) is 0. The number of piperidine rings is 2. The van der Waals surface area contributed by atoms with Crippen molar-refractivity contribution in [3.8, 4) is 0 Å². The Morgan fingerprint density at radius 3 is 2.28 bits per heavy atom. The summed E-state index contributed by atoms with van der Waals surface area (Å²) < 4.78 is 0. The number of nitro benzene ring substituents is 1. The lowest BCUT2D eigenvalue weighted by Crippen LogP contribution is -2.63. The first kappa shape index (κ1) is 18.1. The highest BCUT2D eigenvalue weighted by molar-refractivity contribution is 5.99. The molecule has 0 aromatic heterocycles. The Morgan fingerprint density at radius 1 is 1.00 bits per heavy atom. The minimum Gasteiger partial charge on any atom is -0.300 e. The van der Waals surface area contributed by atoms with E-state index in [2.05, 4.69) is 45.2 Å². The summed E-state index contributed by atoms with van der Waals surface area (Å²) >= 11 is 0. The zero-order valence-corrected chi connectivity index (χ0v) is 16.1. The van der Waals surface area contributed by atoms with Gasteiger partial charge < -0.3 is 9.80 Å². The van der Waals surface area contributed by atoms with E-state index in [1.54, 1.807) is 18.3 Å². The van der Waals surface area contributed by atoms with Gasteiger partial charge in [-0.05, 0) is 23.3 Å². The lowest BCUT2D eigenvalue weighted by Gasteiger charge is -2.50. The highest BCUT2D eigenvalue weighted by atomic mass is 16.6. The molecule has 6 rings (SSSR count). The second kappa shape index (κ2) is 7.17. The highest BCUT2D eigenvalue weighted by Gasteiger charge is 2.53. The van der Waals surface area contributed by atoms with Gasteiger partial charge in [-0.3, -0.25) is 10.1 Å². The molecule has 7 nitrogen and oxygen atoms in total. The first-order chi connectivity index (χ1) is 14.1. The second-order valence-electron chi connectivity index (χ2n) is 8.19. The molecule has 4 heterocycles. The monoisotopic (exact) mass is 389 g/mol. The van der Waals surface area contributed by atoms with Crippen LogP contribution in [0.4, 0.5) is 5.69 Å². The van der Waals surface area contributed by atoms with E-state index in [1.807, 2.05) is 0 Å². The average Bonchev–Trinajstić information content (AvgIpc) is 2.99. The summed E-state index contributed by atoms with van der Waals surface area (Å²) in [5, 5.41) is 20.0. The minimum atomic E-state index is -0.396. The lowest BCUT2D eigenvalue weighted by atomic mass is 9.66. The Kier molecular flexibility index (Phi) is 4.49. The molecule has 0 radical (unpaired) electrons. The molecular weight excluding hydrogens is 366 g/mol. The van der Waals surface area contributed by atoms with Crippen molar-refractivity contribution < 1.29 is 4.92 Å². The molecule has 2 aromatic carbocycles. The van der Waals surface area contributed by atoms with Gasteiger partial charge in [0.15, 0.2) is 0 Å². The van der Waals surface area contributed by atoms with Gasteiger partial charge in [-0.25, -0.2) is 0 Å². The fourth-order valence-corrected chi connectivity index (χ4v) is 5.08. The van der Waals surface area contributed by atoms with Crippen molar-refractivity contribution in [1.82, 2.24) is 9.80 Å². The molecule has 0 saturated carbocycles. The van der Waals surface area contributed by atoms with Gasteiger partial charge in [0.25, 0.3) is 5.69 Å². The van der Waals surface area contributed by atoms with E-state index in [-0.39, 0.29) is 11.1 Å². The molecule has 0 aliphatic carbocycles. The van der Waals surface area contributed by atoms with Crippen molar-refractivity contribution in [3.63, 3.8) is 0 Å². The number of nitrogens with zero attached hydrogens (tertiary/aromatic N) is 5. The van der Waals surface area contributed by atoms with Crippen LogP contribution in [0.1, 0.15) is 11.1 Å². The van der Waals surface area contributed by atoms with Crippen LogP contribution in [0.2, 0.25) is 0 Å². The molecule has 4 aliphatic rings. The number of fused-ring (bicyclic) bond motifs is 1. The lowest BCUT2D eigenvalue weighted by molar-refractivity contribution is -0.384. The molecule has 4 fully saturated rings. The first-order valence-electron chi connectivity index (χ1n) is 10.0. The molecule has 2 aromatic rings. The Balaban J connectivity index is 1.49. The van der Waals surface area contributed by atoms with Gasteiger partial charge >= 0.3 is 0 Å². The number of hydrogen-bond acceptors (Lipinski definition) is 6. The third kappa shape index (κ3) is 3.26. The molecular formula is C22H23N5O2. The summed E-state index contributed by atoms with van der Waals surface area (Å²) in [6.07, 6.45) is 1.69. The number of non-ortho nitro benzene ring substituents is 1. The summed E-state index contributed by atoms with van der Waals surface area (Å²) in [4.78, 5) is 15.6. The normalized spacial score (nSPS) is 32.0.